The predicted molar refractivity (Wildman–Crippen MR) is 70.5 cm³/mol. The molecule has 1 heterocycles. The first-order valence-corrected chi connectivity index (χ1v) is 7.97. The molecular weight excluding hydrogens is 272 g/mol. The highest BCUT2D eigenvalue weighted by molar-refractivity contribution is 7.88. The summed E-state index contributed by atoms with van der Waals surface area (Å²) in [7, 11) is -3.30. The molecule has 1 aliphatic rings. The molecule has 8 heteroatoms. The van der Waals surface area contributed by atoms with Gasteiger partial charge in [-0.1, -0.05) is 0 Å². The number of rotatable bonds is 5. The Morgan fingerprint density at radius 2 is 2.16 bits per heavy atom. The highest BCUT2D eigenvalue weighted by Gasteiger charge is 2.38. The molecule has 2 N–H and O–H groups in total. The van der Waals surface area contributed by atoms with E-state index in [1.807, 2.05) is 13.8 Å². The Morgan fingerprint density at radius 3 is 2.63 bits per heavy atom. The molecule has 0 aromatic carbocycles. The zero-order chi connectivity index (χ0) is 14.8. The molecule has 2 atom stereocenters. The molecule has 7 nitrogen and oxygen atoms in total. The number of carbonyl (C=O) groups is 1. The van der Waals surface area contributed by atoms with E-state index < -0.39 is 27.6 Å². The van der Waals surface area contributed by atoms with Crippen LogP contribution in [0.25, 0.3) is 0 Å². The van der Waals surface area contributed by atoms with Gasteiger partial charge in [0.15, 0.2) is 0 Å². The van der Waals surface area contributed by atoms with Crippen LogP contribution in [0, 0.1) is 0 Å². The van der Waals surface area contributed by atoms with Crippen LogP contribution < -0.4 is 4.72 Å². The van der Waals surface area contributed by atoms with Crippen LogP contribution in [0.15, 0.2) is 0 Å². The molecule has 0 aromatic rings. The third kappa shape index (κ3) is 5.43. The van der Waals surface area contributed by atoms with Gasteiger partial charge in [-0.2, -0.15) is 0 Å². The van der Waals surface area contributed by atoms with E-state index in [0.717, 1.165) is 6.26 Å². The van der Waals surface area contributed by atoms with Crippen molar-refractivity contribution in [3.63, 3.8) is 0 Å². The van der Waals surface area contributed by atoms with E-state index in [1.165, 1.54) is 0 Å². The standard InChI is InChI=1S/C11H22N2O5S/c1-8(12-19(4,16)17)5-13-7-11(2,3)18-6-9(13)10(14)15/h8-9,12H,5-7H2,1-4H3,(H,14,15)/t8-,9-/m0/s1. The van der Waals surface area contributed by atoms with E-state index >= 15 is 0 Å². The van der Waals surface area contributed by atoms with Crippen LogP contribution in [0.1, 0.15) is 20.8 Å². The van der Waals surface area contributed by atoms with Crippen molar-refractivity contribution in [3.8, 4) is 0 Å². The highest BCUT2D eigenvalue weighted by Crippen LogP contribution is 2.21. The summed E-state index contributed by atoms with van der Waals surface area (Å²) in [5.41, 5.74) is -0.434. The van der Waals surface area contributed by atoms with Crippen molar-refractivity contribution in [2.45, 2.75) is 38.5 Å². The van der Waals surface area contributed by atoms with Gasteiger partial charge in [-0.25, -0.2) is 13.1 Å². The van der Waals surface area contributed by atoms with Crippen LogP contribution in [0.2, 0.25) is 0 Å². The maximum Gasteiger partial charge on any atom is 0.323 e. The number of carboxylic acid groups (broad SMARTS) is 1. The minimum Gasteiger partial charge on any atom is -0.480 e. The largest absolute Gasteiger partial charge is 0.480 e. The van der Waals surface area contributed by atoms with Crippen molar-refractivity contribution in [2.24, 2.45) is 0 Å². The molecule has 19 heavy (non-hydrogen) atoms. The fraction of sp³-hybridized carbons (Fsp3) is 0.909. The highest BCUT2D eigenvalue weighted by atomic mass is 32.2. The Morgan fingerprint density at radius 1 is 1.58 bits per heavy atom. The maximum absolute atomic E-state index is 11.2. The predicted octanol–water partition coefficient (Wildman–Crippen LogP) is -0.512. The Labute approximate surface area is 114 Å². The summed E-state index contributed by atoms with van der Waals surface area (Å²) in [4.78, 5) is 12.9. The fourth-order valence-electron chi connectivity index (χ4n) is 2.23. The van der Waals surface area contributed by atoms with Crippen LogP contribution in [0.5, 0.6) is 0 Å². The normalized spacial score (nSPS) is 26.0. The average molecular weight is 294 g/mol. The molecule has 0 bridgehead atoms. The first-order chi connectivity index (χ1) is 8.50. The number of ether oxygens (including phenoxy) is 1. The van der Waals surface area contributed by atoms with Crippen LogP contribution in [-0.4, -0.2) is 68.0 Å². The third-order valence-electron chi connectivity index (χ3n) is 2.87. The minimum absolute atomic E-state index is 0.105. The van der Waals surface area contributed by atoms with Crippen molar-refractivity contribution in [1.82, 2.24) is 9.62 Å². The van der Waals surface area contributed by atoms with Crippen molar-refractivity contribution in [3.05, 3.63) is 0 Å². The summed E-state index contributed by atoms with van der Waals surface area (Å²) >= 11 is 0. The molecule has 0 aromatic heterocycles. The van der Waals surface area contributed by atoms with E-state index in [1.54, 1.807) is 11.8 Å². The number of nitrogens with one attached hydrogen (secondary N) is 1. The second-order valence-corrected chi connectivity index (χ2v) is 7.43. The molecule has 1 aliphatic heterocycles. The van der Waals surface area contributed by atoms with Crippen LogP contribution in [0.4, 0.5) is 0 Å². The third-order valence-corrected chi connectivity index (χ3v) is 3.70. The molecule has 0 aliphatic carbocycles. The molecule has 0 saturated carbocycles. The van der Waals surface area contributed by atoms with Gasteiger partial charge >= 0.3 is 5.97 Å². The average Bonchev–Trinajstić information content (AvgIpc) is 2.11. The van der Waals surface area contributed by atoms with Crippen LogP contribution >= 0.6 is 0 Å². The van der Waals surface area contributed by atoms with Gasteiger partial charge in [-0.15, -0.1) is 0 Å². The van der Waals surface area contributed by atoms with Gasteiger partial charge in [0, 0.05) is 19.1 Å². The Bertz CT molecular complexity index is 434. The second kappa shape index (κ2) is 5.74. The summed E-state index contributed by atoms with van der Waals surface area (Å²) in [6, 6.07) is -1.09. The smallest absolute Gasteiger partial charge is 0.323 e. The number of nitrogens with zero attached hydrogens (tertiary/aromatic N) is 1. The summed E-state index contributed by atoms with van der Waals surface area (Å²) in [6.07, 6.45) is 1.08. The summed E-state index contributed by atoms with van der Waals surface area (Å²) in [5.74, 6) is -0.956. The van der Waals surface area contributed by atoms with Crippen molar-refractivity contribution >= 4 is 16.0 Å². The molecule has 1 fully saturated rings. The zero-order valence-electron chi connectivity index (χ0n) is 11.7. The fourth-order valence-corrected chi connectivity index (χ4v) is 3.03. The number of hydrogen-bond acceptors (Lipinski definition) is 5. The Balaban J connectivity index is 2.72. The first-order valence-electron chi connectivity index (χ1n) is 6.08. The topological polar surface area (TPSA) is 95.9 Å². The van der Waals surface area contributed by atoms with E-state index in [2.05, 4.69) is 4.72 Å². The lowest BCUT2D eigenvalue weighted by molar-refractivity contribution is -0.162. The van der Waals surface area contributed by atoms with Gasteiger partial charge in [0.2, 0.25) is 10.0 Å². The molecule has 1 rings (SSSR count). The number of sulfonamides is 1. The number of carboxylic acids is 1. The zero-order valence-corrected chi connectivity index (χ0v) is 12.5. The second-order valence-electron chi connectivity index (χ2n) is 5.65. The van der Waals surface area contributed by atoms with Crippen molar-refractivity contribution in [2.75, 3.05) is 26.0 Å². The van der Waals surface area contributed by atoms with Gasteiger partial charge in [0.1, 0.15) is 6.04 Å². The molecule has 112 valence electrons. The van der Waals surface area contributed by atoms with Crippen LogP contribution in [0.3, 0.4) is 0 Å². The Hall–Kier alpha value is -0.700. The molecule has 0 radical (unpaired) electrons. The summed E-state index contributed by atoms with van der Waals surface area (Å²) in [6.45, 7) is 6.35. The summed E-state index contributed by atoms with van der Waals surface area (Å²) < 4.78 is 30.3. The molecule has 0 spiro atoms. The number of hydrogen-bond donors (Lipinski definition) is 2. The monoisotopic (exact) mass is 294 g/mol. The SMILES string of the molecule is C[C@@H](CN1CC(C)(C)OC[C@H]1C(=O)O)NS(C)(=O)=O. The van der Waals surface area contributed by atoms with E-state index in [-0.39, 0.29) is 12.6 Å². The van der Waals surface area contributed by atoms with E-state index in [9.17, 15) is 13.2 Å². The van der Waals surface area contributed by atoms with Gasteiger partial charge in [-0.3, -0.25) is 9.69 Å². The first kappa shape index (κ1) is 16.4. The Kier molecular flexibility index (Phi) is 4.94. The van der Waals surface area contributed by atoms with Gasteiger partial charge < -0.3 is 9.84 Å². The molecule has 1 saturated heterocycles. The van der Waals surface area contributed by atoms with Crippen molar-refractivity contribution < 1.29 is 23.1 Å². The van der Waals surface area contributed by atoms with Gasteiger partial charge in [0.05, 0.1) is 18.5 Å². The maximum atomic E-state index is 11.2. The lowest BCUT2D eigenvalue weighted by atomic mass is 10.0. The quantitative estimate of drug-likeness (QED) is 0.709. The molecular formula is C11H22N2O5S. The van der Waals surface area contributed by atoms with Gasteiger partial charge in [0.25, 0.3) is 0 Å². The van der Waals surface area contributed by atoms with Crippen LogP contribution in [-0.2, 0) is 19.6 Å². The summed E-state index contributed by atoms with van der Waals surface area (Å²) in [5, 5.41) is 9.16. The van der Waals surface area contributed by atoms with Gasteiger partial charge in [-0.05, 0) is 20.8 Å². The molecule has 0 unspecified atom stereocenters. The van der Waals surface area contributed by atoms with E-state index in [0.29, 0.717) is 13.1 Å². The molecule has 0 amide bonds. The lowest BCUT2D eigenvalue weighted by Gasteiger charge is -2.42. The van der Waals surface area contributed by atoms with Crippen molar-refractivity contribution in [1.29, 1.82) is 0 Å². The number of morpholine rings is 1. The minimum atomic E-state index is -3.30. The number of aliphatic carboxylic acids is 1. The lowest BCUT2D eigenvalue weighted by Crippen LogP contribution is -2.59. The van der Waals surface area contributed by atoms with E-state index in [4.69, 9.17) is 9.84 Å².